The van der Waals surface area contributed by atoms with Crippen molar-refractivity contribution >= 4 is 0 Å². The second-order valence-corrected chi connectivity index (χ2v) is 4.01. The van der Waals surface area contributed by atoms with Crippen LogP contribution in [0.3, 0.4) is 0 Å². The zero-order valence-electron chi connectivity index (χ0n) is 7.73. The van der Waals surface area contributed by atoms with Gasteiger partial charge in [-0.2, -0.15) is 0 Å². The van der Waals surface area contributed by atoms with E-state index < -0.39 is 0 Å². The highest BCUT2D eigenvalue weighted by Crippen LogP contribution is 2.21. The van der Waals surface area contributed by atoms with E-state index in [4.69, 9.17) is 0 Å². The van der Waals surface area contributed by atoms with E-state index in [-0.39, 0.29) is 5.41 Å². The average molecular weight is 147 g/mol. The second kappa shape index (κ2) is 2.69. The van der Waals surface area contributed by atoms with E-state index in [2.05, 4.69) is 52.0 Å². The Morgan fingerprint density at radius 1 is 1.18 bits per heavy atom. The summed E-state index contributed by atoms with van der Waals surface area (Å²) in [5, 5.41) is 0. The van der Waals surface area contributed by atoms with E-state index >= 15 is 0 Å². The summed E-state index contributed by atoms with van der Waals surface area (Å²) in [7, 11) is 0. The van der Waals surface area contributed by atoms with Gasteiger partial charge in [0, 0.05) is 0 Å². The third-order valence-corrected chi connectivity index (χ3v) is 1.83. The van der Waals surface area contributed by atoms with E-state index in [1.165, 1.54) is 11.1 Å². The highest BCUT2D eigenvalue weighted by Gasteiger charge is 2.11. The van der Waals surface area contributed by atoms with E-state index in [0.717, 1.165) is 0 Å². The van der Waals surface area contributed by atoms with Crippen molar-refractivity contribution in [3.8, 4) is 0 Å². The van der Waals surface area contributed by atoms with Crippen molar-refractivity contribution in [3.63, 3.8) is 0 Å². The van der Waals surface area contributed by atoms with Crippen molar-refractivity contribution in [1.29, 1.82) is 0 Å². The van der Waals surface area contributed by atoms with Gasteiger partial charge in [0.25, 0.3) is 0 Å². The van der Waals surface area contributed by atoms with Crippen LogP contribution in [0.1, 0.15) is 31.9 Å². The quantitative estimate of drug-likeness (QED) is 0.529. The molecule has 0 heteroatoms. The highest BCUT2D eigenvalue weighted by atomic mass is 14.2. The molecule has 0 aliphatic rings. The summed E-state index contributed by atoms with van der Waals surface area (Å²) in [6, 6.07) is 9.57. The molecule has 1 radical (unpaired) electrons. The van der Waals surface area contributed by atoms with Crippen LogP contribution in [0.15, 0.2) is 18.2 Å². The van der Waals surface area contributed by atoms with Crippen molar-refractivity contribution < 1.29 is 0 Å². The summed E-state index contributed by atoms with van der Waals surface area (Å²) in [4.78, 5) is 0. The van der Waals surface area contributed by atoms with Crippen LogP contribution in [0, 0.1) is 13.0 Å². The number of benzene rings is 1. The Balaban J connectivity index is 2.99. The minimum absolute atomic E-state index is 0.254. The van der Waals surface area contributed by atoms with Gasteiger partial charge < -0.3 is 0 Å². The molecule has 0 saturated heterocycles. The molecular weight excluding hydrogens is 132 g/mol. The Morgan fingerprint density at radius 2 is 1.82 bits per heavy atom. The first-order chi connectivity index (χ1) is 5.00. The van der Waals surface area contributed by atoms with Gasteiger partial charge in [-0.25, -0.2) is 0 Å². The van der Waals surface area contributed by atoms with Crippen LogP contribution in [0.25, 0.3) is 0 Å². The molecule has 0 aromatic heterocycles. The van der Waals surface area contributed by atoms with Crippen LogP contribution in [-0.4, -0.2) is 0 Å². The Labute approximate surface area is 69.3 Å². The molecule has 0 unspecified atom stereocenters. The van der Waals surface area contributed by atoms with E-state index in [0.29, 0.717) is 0 Å². The normalized spacial score (nSPS) is 11.6. The van der Waals surface area contributed by atoms with Crippen LogP contribution in [-0.2, 0) is 5.41 Å². The molecule has 0 saturated carbocycles. The smallest absolute Gasteiger partial charge is 0.0132 e. The molecule has 11 heavy (non-hydrogen) atoms. The molecule has 0 heterocycles. The van der Waals surface area contributed by atoms with Gasteiger partial charge in [0.15, 0.2) is 0 Å². The zero-order valence-corrected chi connectivity index (χ0v) is 7.73. The maximum absolute atomic E-state index is 3.21. The van der Waals surface area contributed by atoms with Crippen LogP contribution in [0.5, 0.6) is 0 Å². The molecule has 0 fully saturated rings. The predicted octanol–water partition coefficient (Wildman–Crippen LogP) is 3.09. The van der Waals surface area contributed by atoms with Gasteiger partial charge >= 0.3 is 0 Å². The van der Waals surface area contributed by atoms with E-state index in [1.54, 1.807) is 0 Å². The van der Waals surface area contributed by atoms with Crippen LogP contribution < -0.4 is 0 Å². The third kappa shape index (κ3) is 2.07. The fourth-order valence-electron chi connectivity index (χ4n) is 0.969. The number of aryl methyl sites for hydroxylation is 1. The van der Waals surface area contributed by atoms with Crippen molar-refractivity contribution in [2.45, 2.75) is 33.1 Å². The molecule has 0 aliphatic heterocycles. The molecule has 0 aliphatic carbocycles. The average Bonchev–Trinajstić information content (AvgIpc) is 1.86. The monoisotopic (exact) mass is 147 g/mol. The minimum atomic E-state index is 0.254. The van der Waals surface area contributed by atoms with Gasteiger partial charge in [-0.1, -0.05) is 39.0 Å². The molecule has 1 aromatic carbocycles. The number of hydrogen-bond acceptors (Lipinski definition) is 0. The van der Waals surface area contributed by atoms with Gasteiger partial charge in [0.1, 0.15) is 0 Å². The topological polar surface area (TPSA) is 0 Å². The molecule has 0 atom stereocenters. The lowest BCUT2D eigenvalue weighted by Crippen LogP contribution is -2.10. The van der Waals surface area contributed by atoms with Gasteiger partial charge in [0.2, 0.25) is 0 Å². The second-order valence-electron chi connectivity index (χ2n) is 4.01. The summed E-state index contributed by atoms with van der Waals surface area (Å²) < 4.78 is 0. The van der Waals surface area contributed by atoms with E-state index in [1.807, 2.05) is 0 Å². The molecule has 0 bridgehead atoms. The lowest BCUT2D eigenvalue weighted by Gasteiger charge is -2.18. The van der Waals surface area contributed by atoms with Crippen molar-refractivity contribution in [3.05, 3.63) is 35.4 Å². The maximum Gasteiger partial charge on any atom is -0.0132 e. The number of hydrogen-bond donors (Lipinski definition) is 0. The lowest BCUT2D eigenvalue weighted by molar-refractivity contribution is 0.590. The predicted molar refractivity (Wildman–Crippen MR) is 48.7 cm³/mol. The molecule has 59 valence electrons. The summed E-state index contributed by atoms with van der Waals surface area (Å²) in [5.74, 6) is 0. The van der Waals surface area contributed by atoms with Crippen LogP contribution in [0.4, 0.5) is 0 Å². The largest absolute Gasteiger partial charge is 0.0584 e. The summed E-state index contributed by atoms with van der Waals surface area (Å²) in [6.07, 6.45) is 0. The third-order valence-electron chi connectivity index (χ3n) is 1.83. The zero-order chi connectivity index (χ0) is 8.48. The first kappa shape index (κ1) is 8.32. The molecule has 0 spiro atoms. The van der Waals surface area contributed by atoms with Crippen LogP contribution in [0.2, 0.25) is 0 Å². The Bertz CT molecular complexity index is 223. The van der Waals surface area contributed by atoms with Gasteiger partial charge in [-0.05, 0) is 29.5 Å². The SMILES string of the molecule is Cc1[c]cc(C(C)(C)C)cc1. The highest BCUT2D eigenvalue weighted by molar-refractivity contribution is 5.25. The van der Waals surface area contributed by atoms with Gasteiger partial charge in [0.05, 0.1) is 0 Å². The Hall–Kier alpha value is -0.780. The first-order valence-electron chi connectivity index (χ1n) is 3.99. The molecule has 1 aromatic rings. The lowest BCUT2D eigenvalue weighted by atomic mass is 9.87. The first-order valence-corrected chi connectivity index (χ1v) is 3.99. The van der Waals surface area contributed by atoms with Gasteiger partial charge in [-0.3, -0.25) is 0 Å². The van der Waals surface area contributed by atoms with Crippen LogP contribution >= 0.6 is 0 Å². The fraction of sp³-hybridized carbons (Fsp3) is 0.455. The summed E-state index contributed by atoms with van der Waals surface area (Å²) in [6.45, 7) is 8.70. The Morgan fingerprint density at radius 3 is 2.18 bits per heavy atom. The molecular formula is C11H15. The summed E-state index contributed by atoms with van der Waals surface area (Å²) >= 11 is 0. The van der Waals surface area contributed by atoms with Crippen molar-refractivity contribution in [2.75, 3.05) is 0 Å². The summed E-state index contributed by atoms with van der Waals surface area (Å²) in [5.41, 5.74) is 2.81. The number of rotatable bonds is 0. The standard InChI is InChI=1S/C11H15/c1-9-5-7-10(8-6-9)11(2,3)4/h5,7-8H,1-4H3. The van der Waals surface area contributed by atoms with E-state index in [9.17, 15) is 0 Å². The molecule has 0 nitrogen and oxygen atoms in total. The Kier molecular flexibility index (Phi) is 2.03. The molecule has 0 N–H and O–H groups in total. The minimum Gasteiger partial charge on any atom is -0.0584 e. The molecule has 0 amide bonds. The maximum atomic E-state index is 3.21. The molecule has 1 rings (SSSR count). The van der Waals surface area contributed by atoms with Crippen molar-refractivity contribution in [2.24, 2.45) is 0 Å². The fourth-order valence-corrected chi connectivity index (χ4v) is 0.969. The van der Waals surface area contributed by atoms with Gasteiger partial charge in [-0.15, -0.1) is 0 Å². The van der Waals surface area contributed by atoms with Crippen molar-refractivity contribution in [1.82, 2.24) is 0 Å².